The molecule has 0 aromatic carbocycles. The molecule has 0 amide bonds. The van der Waals surface area contributed by atoms with Crippen molar-refractivity contribution in [3.05, 3.63) is 17.5 Å². The van der Waals surface area contributed by atoms with E-state index in [1.54, 1.807) is 4.68 Å². The molecule has 1 fully saturated rings. The zero-order valence-corrected chi connectivity index (χ0v) is 12.2. The largest absolute Gasteiger partial charge is 0.481 e. The summed E-state index contributed by atoms with van der Waals surface area (Å²) in [5.74, 6) is 0.167. The molecule has 1 heterocycles. The van der Waals surface area contributed by atoms with Crippen molar-refractivity contribution in [3.63, 3.8) is 0 Å². The molecule has 5 nitrogen and oxygen atoms in total. The highest BCUT2D eigenvalue weighted by atomic mass is 32.2. The van der Waals surface area contributed by atoms with Gasteiger partial charge in [0.2, 0.25) is 0 Å². The van der Waals surface area contributed by atoms with E-state index in [4.69, 9.17) is 5.11 Å². The lowest BCUT2D eigenvalue weighted by Gasteiger charge is -2.11. The van der Waals surface area contributed by atoms with Gasteiger partial charge >= 0.3 is 5.97 Å². The quantitative estimate of drug-likeness (QED) is 0.823. The van der Waals surface area contributed by atoms with Crippen molar-refractivity contribution in [2.45, 2.75) is 38.4 Å². The number of carboxylic acids is 1. The molecule has 0 bridgehead atoms. The van der Waals surface area contributed by atoms with Crippen LogP contribution in [0.4, 0.5) is 0 Å². The van der Waals surface area contributed by atoms with E-state index in [9.17, 15) is 9.00 Å². The van der Waals surface area contributed by atoms with E-state index in [0.717, 1.165) is 30.7 Å². The van der Waals surface area contributed by atoms with Crippen LogP contribution in [-0.2, 0) is 34.8 Å². The van der Waals surface area contributed by atoms with E-state index in [0.29, 0.717) is 11.5 Å². The van der Waals surface area contributed by atoms with E-state index >= 15 is 0 Å². The van der Waals surface area contributed by atoms with Crippen molar-refractivity contribution in [3.8, 4) is 0 Å². The highest BCUT2D eigenvalue weighted by Crippen LogP contribution is 2.49. The zero-order valence-electron chi connectivity index (χ0n) is 11.4. The topological polar surface area (TPSA) is 72.2 Å². The van der Waals surface area contributed by atoms with Crippen LogP contribution >= 0.6 is 0 Å². The van der Waals surface area contributed by atoms with Crippen molar-refractivity contribution in [2.24, 2.45) is 12.5 Å². The van der Waals surface area contributed by atoms with Gasteiger partial charge in [-0.2, -0.15) is 5.10 Å². The summed E-state index contributed by atoms with van der Waals surface area (Å²) in [5.41, 5.74) is 1.76. The maximum atomic E-state index is 12.2. The molecule has 0 aliphatic heterocycles. The molecule has 1 aromatic heterocycles. The molecule has 1 aliphatic rings. The SMILES string of the molecule is CCc1cc(CS(=O)CC2(CC(=O)O)CC2)n(C)n1. The Bertz CT molecular complexity index is 506. The lowest BCUT2D eigenvalue weighted by Crippen LogP contribution is -2.18. The van der Waals surface area contributed by atoms with Crippen molar-refractivity contribution >= 4 is 16.8 Å². The summed E-state index contributed by atoms with van der Waals surface area (Å²) in [5, 5.41) is 13.2. The number of carboxylic acid groups (broad SMARTS) is 1. The number of rotatable bonds is 7. The summed E-state index contributed by atoms with van der Waals surface area (Å²) in [4.78, 5) is 10.8. The standard InChI is InChI=1S/C13H20N2O3S/c1-3-10-6-11(15(2)14-10)8-19(18)9-13(4-5-13)7-12(16)17/h6H,3-5,7-9H2,1-2H3,(H,16,17). The Balaban J connectivity index is 1.94. The lowest BCUT2D eigenvalue weighted by atomic mass is 10.1. The number of aromatic nitrogens is 2. The molecule has 6 heteroatoms. The molecule has 19 heavy (non-hydrogen) atoms. The first kappa shape index (κ1) is 14.2. The first-order chi connectivity index (χ1) is 8.94. The van der Waals surface area contributed by atoms with Crippen LogP contribution in [0.25, 0.3) is 0 Å². The van der Waals surface area contributed by atoms with E-state index < -0.39 is 16.8 Å². The zero-order chi connectivity index (χ0) is 14.0. The summed E-state index contributed by atoms with van der Waals surface area (Å²) >= 11 is 0. The number of hydrogen-bond acceptors (Lipinski definition) is 3. The van der Waals surface area contributed by atoms with Crippen molar-refractivity contribution in [1.82, 2.24) is 9.78 Å². The second-order valence-corrected chi connectivity index (χ2v) is 6.86. The minimum Gasteiger partial charge on any atom is -0.481 e. The van der Waals surface area contributed by atoms with Gasteiger partial charge in [0.1, 0.15) is 0 Å². The minimum absolute atomic E-state index is 0.143. The molecule has 1 atom stereocenters. The molecule has 0 spiro atoms. The van der Waals surface area contributed by atoms with Gasteiger partial charge in [-0.15, -0.1) is 0 Å². The van der Waals surface area contributed by atoms with Gasteiger partial charge < -0.3 is 5.11 Å². The van der Waals surface area contributed by atoms with Crippen molar-refractivity contribution in [2.75, 3.05) is 5.75 Å². The Morgan fingerprint density at radius 2 is 2.26 bits per heavy atom. The molecule has 2 rings (SSSR count). The van der Waals surface area contributed by atoms with Crippen LogP contribution in [0, 0.1) is 5.41 Å². The van der Waals surface area contributed by atoms with Gasteiger partial charge in [-0.05, 0) is 30.7 Å². The summed E-state index contributed by atoms with van der Waals surface area (Å²) in [7, 11) is 0.840. The van der Waals surface area contributed by atoms with Crippen LogP contribution in [0.1, 0.15) is 37.6 Å². The number of aryl methyl sites for hydroxylation is 2. The van der Waals surface area contributed by atoms with E-state index in [1.165, 1.54) is 0 Å². The highest BCUT2D eigenvalue weighted by Gasteiger charge is 2.45. The Labute approximate surface area is 115 Å². The van der Waals surface area contributed by atoms with Crippen LogP contribution < -0.4 is 0 Å². The lowest BCUT2D eigenvalue weighted by molar-refractivity contribution is -0.138. The number of carbonyl (C=O) groups is 1. The summed E-state index contributed by atoms with van der Waals surface area (Å²) in [6.45, 7) is 2.04. The van der Waals surface area contributed by atoms with Crippen LogP contribution in [0.5, 0.6) is 0 Å². The monoisotopic (exact) mass is 284 g/mol. The smallest absolute Gasteiger partial charge is 0.303 e. The molecular formula is C13H20N2O3S. The first-order valence-electron chi connectivity index (χ1n) is 6.53. The fourth-order valence-corrected chi connectivity index (χ4v) is 4.08. The third kappa shape index (κ3) is 3.65. The highest BCUT2D eigenvalue weighted by molar-refractivity contribution is 7.84. The fraction of sp³-hybridized carbons (Fsp3) is 0.692. The summed E-state index contributed by atoms with van der Waals surface area (Å²) in [6, 6.07) is 1.98. The predicted octanol–water partition coefficient (Wildman–Crippen LogP) is 1.49. The molecule has 0 saturated heterocycles. The van der Waals surface area contributed by atoms with Gasteiger partial charge in [0.15, 0.2) is 0 Å². The summed E-state index contributed by atoms with van der Waals surface area (Å²) < 4.78 is 13.9. The molecule has 1 unspecified atom stereocenters. The fourth-order valence-electron chi connectivity index (χ4n) is 2.31. The van der Waals surface area contributed by atoms with E-state index in [2.05, 4.69) is 5.10 Å². The second-order valence-electron chi connectivity index (χ2n) is 5.40. The van der Waals surface area contributed by atoms with Gasteiger partial charge in [-0.1, -0.05) is 6.92 Å². The average molecular weight is 284 g/mol. The maximum absolute atomic E-state index is 12.2. The number of hydrogen-bond donors (Lipinski definition) is 1. The van der Waals surface area contributed by atoms with Gasteiger partial charge in [-0.25, -0.2) is 0 Å². The Morgan fingerprint density at radius 3 is 2.74 bits per heavy atom. The van der Waals surface area contributed by atoms with Crippen LogP contribution in [0.15, 0.2) is 6.07 Å². The second kappa shape index (κ2) is 5.45. The molecule has 1 aromatic rings. The van der Waals surface area contributed by atoms with Crippen LogP contribution in [0.3, 0.4) is 0 Å². The molecule has 1 saturated carbocycles. The van der Waals surface area contributed by atoms with Crippen molar-refractivity contribution < 1.29 is 14.1 Å². The normalized spacial score (nSPS) is 18.2. The Hall–Kier alpha value is -1.17. The van der Waals surface area contributed by atoms with Crippen LogP contribution in [0.2, 0.25) is 0 Å². The van der Waals surface area contributed by atoms with Crippen molar-refractivity contribution in [1.29, 1.82) is 0 Å². The predicted molar refractivity (Wildman–Crippen MR) is 73.2 cm³/mol. The molecule has 1 aliphatic carbocycles. The third-order valence-electron chi connectivity index (χ3n) is 3.65. The number of nitrogens with zero attached hydrogens (tertiary/aromatic N) is 2. The van der Waals surface area contributed by atoms with Gasteiger partial charge in [-0.3, -0.25) is 13.7 Å². The van der Waals surface area contributed by atoms with E-state index in [1.807, 2.05) is 20.0 Å². The van der Waals surface area contributed by atoms with Gasteiger partial charge in [0.05, 0.1) is 23.6 Å². The third-order valence-corrected chi connectivity index (χ3v) is 5.20. The average Bonchev–Trinajstić information content (AvgIpc) is 2.94. The molecule has 1 N–H and O–H groups in total. The molecule has 106 valence electrons. The number of aliphatic carboxylic acids is 1. The maximum Gasteiger partial charge on any atom is 0.303 e. The van der Waals surface area contributed by atoms with Crippen LogP contribution in [-0.4, -0.2) is 30.8 Å². The first-order valence-corrected chi connectivity index (χ1v) is 8.01. The Kier molecular flexibility index (Phi) is 4.08. The van der Waals surface area contributed by atoms with Gasteiger partial charge in [0.25, 0.3) is 0 Å². The van der Waals surface area contributed by atoms with E-state index in [-0.39, 0.29) is 11.8 Å². The molecular weight excluding hydrogens is 264 g/mol. The molecule has 0 radical (unpaired) electrons. The van der Waals surface area contributed by atoms with Gasteiger partial charge in [0, 0.05) is 23.6 Å². The Morgan fingerprint density at radius 1 is 1.58 bits per heavy atom. The minimum atomic E-state index is -1.02. The summed E-state index contributed by atoms with van der Waals surface area (Å²) in [6.07, 6.45) is 2.78.